The molecule has 1 amide bonds. The highest BCUT2D eigenvalue weighted by molar-refractivity contribution is 6.05. The van der Waals surface area contributed by atoms with E-state index in [4.69, 9.17) is 9.47 Å². The number of rotatable bonds is 7. The van der Waals surface area contributed by atoms with Crippen LogP contribution in [-0.2, 0) is 0 Å². The van der Waals surface area contributed by atoms with Gasteiger partial charge in [-0.2, -0.15) is 0 Å². The van der Waals surface area contributed by atoms with Crippen LogP contribution in [-0.4, -0.2) is 24.2 Å². The van der Waals surface area contributed by atoms with Gasteiger partial charge in [-0.15, -0.1) is 0 Å². The van der Waals surface area contributed by atoms with Gasteiger partial charge in [-0.25, -0.2) is 0 Å². The molecule has 0 heterocycles. The second kappa shape index (κ2) is 8.08. The highest BCUT2D eigenvalue weighted by atomic mass is 16.5. The Labute approximate surface area is 135 Å². The molecule has 5 nitrogen and oxygen atoms in total. The number of hydrogen-bond donors (Lipinski definition) is 2. The van der Waals surface area contributed by atoms with Gasteiger partial charge >= 0.3 is 0 Å². The zero-order valence-electron chi connectivity index (χ0n) is 13.3. The number of phenols is 1. The first-order chi connectivity index (χ1) is 11.2. The van der Waals surface area contributed by atoms with Crippen LogP contribution in [0.15, 0.2) is 42.5 Å². The molecule has 2 aromatic rings. The molecule has 0 unspecified atom stereocenters. The molecule has 0 atom stereocenters. The minimum absolute atomic E-state index is 0.0220. The lowest BCUT2D eigenvalue weighted by molar-refractivity contribution is 0.102. The van der Waals surface area contributed by atoms with E-state index in [2.05, 4.69) is 5.32 Å². The van der Waals surface area contributed by atoms with E-state index < -0.39 is 0 Å². The Morgan fingerprint density at radius 2 is 1.87 bits per heavy atom. The monoisotopic (exact) mass is 315 g/mol. The average molecular weight is 315 g/mol. The standard InChI is InChI=1S/C18H21NO4/c1-3-11-23-16-10-9-13(12-17(16)22-4-2)18(21)19-14-7-5-6-8-15(14)20/h5-10,12,20H,3-4,11H2,1-2H3,(H,19,21). The first-order valence-corrected chi connectivity index (χ1v) is 7.64. The first-order valence-electron chi connectivity index (χ1n) is 7.64. The highest BCUT2D eigenvalue weighted by Gasteiger charge is 2.13. The molecule has 0 radical (unpaired) electrons. The van der Waals surface area contributed by atoms with E-state index >= 15 is 0 Å². The summed E-state index contributed by atoms with van der Waals surface area (Å²) in [5, 5.41) is 12.4. The second-order valence-electron chi connectivity index (χ2n) is 4.91. The quantitative estimate of drug-likeness (QED) is 0.762. The third kappa shape index (κ3) is 4.39. The number of benzene rings is 2. The Bertz CT molecular complexity index is 670. The number of carbonyl (C=O) groups is 1. The smallest absolute Gasteiger partial charge is 0.255 e. The number of anilines is 1. The van der Waals surface area contributed by atoms with Crippen LogP contribution in [0.3, 0.4) is 0 Å². The minimum Gasteiger partial charge on any atom is -0.506 e. The summed E-state index contributed by atoms with van der Waals surface area (Å²) in [4.78, 5) is 12.3. The largest absolute Gasteiger partial charge is 0.506 e. The number of carbonyl (C=O) groups excluding carboxylic acids is 1. The lowest BCUT2D eigenvalue weighted by atomic mass is 10.1. The Balaban J connectivity index is 2.20. The number of ether oxygens (including phenoxy) is 2. The predicted molar refractivity (Wildman–Crippen MR) is 89.5 cm³/mol. The van der Waals surface area contributed by atoms with Crippen LogP contribution in [0.25, 0.3) is 0 Å². The molecule has 0 saturated carbocycles. The SMILES string of the molecule is CCCOc1ccc(C(=O)Nc2ccccc2O)cc1OCC. The minimum atomic E-state index is -0.325. The Morgan fingerprint density at radius 1 is 1.09 bits per heavy atom. The van der Waals surface area contributed by atoms with Gasteiger partial charge in [0, 0.05) is 5.56 Å². The molecule has 2 rings (SSSR count). The fourth-order valence-electron chi connectivity index (χ4n) is 2.02. The van der Waals surface area contributed by atoms with Crippen molar-refractivity contribution in [2.75, 3.05) is 18.5 Å². The van der Waals surface area contributed by atoms with Gasteiger partial charge in [0.2, 0.25) is 0 Å². The van der Waals surface area contributed by atoms with Gasteiger partial charge in [-0.1, -0.05) is 19.1 Å². The fraction of sp³-hybridized carbons (Fsp3) is 0.278. The van der Waals surface area contributed by atoms with E-state index in [9.17, 15) is 9.90 Å². The van der Waals surface area contributed by atoms with Crippen molar-refractivity contribution in [3.63, 3.8) is 0 Å². The summed E-state index contributed by atoms with van der Waals surface area (Å²) in [6, 6.07) is 11.6. The summed E-state index contributed by atoms with van der Waals surface area (Å²) in [7, 11) is 0. The van der Waals surface area contributed by atoms with Crippen LogP contribution < -0.4 is 14.8 Å². The van der Waals surface area contributed by atoms with Crippen LogP contribution in [0.5, 0.6) is 17.2 Å². The molecule has 0 bridgehead atoms. The normalized spacial score (nSPS) is 10.2. The predicted octanol–water partition coefficient (Wildman–Crippen LogP) is 3.83. The van der Waals surface area contributed by atoms with Gasteiger partial charge in [0.15, 0.2) is 11.5 Å². The fourth-order valence-corrected chi connectivity index (χ4v) is 2.02. The molecule has 0 aliphatic heterocycles. The van der Waals surface area contributed by atoms with E-state index in [1.54, 1.807) is 36.4 Å². The number of phenolic OH excluding ortho intramolecular Hbond substituents is 1. The molecule has 0 aliphatic rings. The van der Waals surface area contributed by atoms with Crippen molar-refractivity contribution in [1.82, 2.24) is 0 Å². The Morgan fingerprint density at radius 3 is 2.57 bits per heavy atom. The van der Waals surface area contributed by atoms with Crippen molar-refractivity contribution >= 4 is 11.6 Å². The molecule has 0 aliphatic carbocycles. The van der Waals surface area contributed by atoms with Crippen molar-refractivity contribution in [3.8, 4) is 17.2 Å². The number of aromatic hydroxyl groups is 1. The molecule has 0 spiro atoms. The molecular weight excluding hydrogens is 294 g/mol. The van der Waals surface area contributed by atoms with E-state index in [0.29, 0.717) is 36.0 Å². The third-order valence-corrected chi connectivity index (χ3v) is 3.12. The van der Waals surface area contributed by atoms with Gasteiger partial charge in [0.25, 0.3) is 5.91 Å². The Kier molecular flexibility index (Phi) is 5.86. The number of hydrogen-bond acceptors (Lipinski definition) is 4. The van der Waals surface area contributed by atoms with E-state index in [1.807, 2.05) is 13.8 Å². The molecule has 0 fully saturated rings. The van der Waals surface area contributed by atoms with Gasteiger partial charge < -0.3 is 19.9 Å². The van der Waals surface area contributed by atoms with E-state index in [1.165, 1.54) is 6.07 Å². The van der Waals surface area contributed by atoms with Gasteiger partial charge in [0.05, 0.1) is 18.9 Å². The summed E-state index contributed by atoms with van der Waals surface area (Å²) in [5.41, 5.74) is 0.794. The van der Waals surface area contributed by atoms with E-state index in [0.717, 1.165) is 6.42 Å². The van der Waals surface area contributed by atoms with Crippen LogP contribution in [0.4, 0.5) is 5.69 Å². The molecular formula is C18H21NO4. The van der Waals surface area contributed by atoms with Crippen LogP contribution in [0.2, 0.25) is 0 Å². The maximum absolute atomic E-state index is 12.3. The molecule has 122 valence electrons. The second-order valence-corrected chi connectivity index (χ2v) is 4.91. The Hall–Kier alpha value is -2.69. The van der Waals surface area contributed by atoms with E-state index in [-0.39, 0.29) is 11.7 Å². The summed E-state index contributed by atoms with van der Waals surface area (Å²) in [6.07, 6.45) is 0.890. The zero-order valence-corrected chi connectivity index (χ0v) is 13.3. The summed E-state index contributed by atoms with van der Waals surface area (Å²) < 4.78 is 11.2. The van der Waals surface area contributed by atoms with Crippen LogP contribution in [0, 0.1) is 0 Å². The van der Waals surface area contributed by atoms with Crippen LogP contribution in [0.1, 0.15) is 30.6 Å². The number of amides is 1. The molecule has 23 heavy (non-hydrogen) atoms. The average Bonchev–Trinajstić information content (AvgIpc) is 2.56. The van der Waals surface area contributed by atoms with Gasteiger partial charge in [-0.05, 0) is 43.7 Å². The van der Waals surface area contributed by atoms with Gasteiger partial charge in [-0.3, -0.25) is 4.79 Å². The maximum Gasteiger partial charge on any atom is 0.255 e. The molecule has 0 saturated heterocycles. The summed E-state index contributed by atoms with van der Waals surface area (Å²) in [5.74, 6) is 0.849. The third-order valence-electron chi connectivity index (χ3n) is 3.12. The number of nitrogens with one attached hydrogen (secondary N) is 1. The van der Waals surface area contributed by atoms with Crippen molar-refractivity contribution in [2.45, 2.75) is 20.3 Å². The summed E-state index contributed by atoms with van der Waals surface area (Å²) >= 11 is 0. The molecule has 0 aromatic heterocycles. The lowest BCUT2D eigenvalue weighted by Gasteiger charge is -2.13. The topological polar surface area (TPSA) is 67.8 Å². The van der Waals surface area contributed by atoms with Crippen molar-refractivity contribution in [3.05, 3.63) is 48.0 Å². The first kappa shape index (κ1) is 16.7. The highest BCUT2D eigenvalue weighted by Crippen LogP contribution is 2.29. The van der Waals surface area contributed by atoms with Crippen molar-refractivity contribution in [2.24, 2.45) is 0 Å². The van der Waals surface area contributed by atoms with Gasteiger partial charge in [0.1, 0.15) is 5.75 Å². The molecule has 2 aromatic carbocycles. The van der Waals surface area contributed by atoms with Crippen LogP contribution >= 0.6 is 0 Å². The maximum atomic E-state index is 12.3. The summed E-state index contributed by atoms with van der Waals surface area (Å²) in [6.45, 7) is 4.96. The lowest BCUT2D eigenvalue weighted by Crippen LogP contribution is -2.12. The van der Waals surface area contributed by atoms with Crippen molar-refractivity contribution in [1.29, 1.82) is 0 Å². The number of para-hydroxylation sites is 2. The van der Waals surface area contributed by atoms with Crippen molar-refractivity contribution < 1.29 is 19.4 Å². The zero-order chi connectivity index (χ0) is 16.7. The molecule has 2 N–H and O–H groups in total. The molecule has 5 heteroatoms.